The van der Waals surface area contributed by atoms with Crippen molar-refractivity contribution in [2.45, 2.75) is 23.8 Å². The van der Waals surface area contributed by atoms with Crippen molar-refractivity contribution in [1.29, 1.82) is 0 Å². The van der Waals surface area contributed by atoms with Crippen molar-refractivity contribution in [2.24, 2.45) is 0 Å². The summed E-state index contributed by atoms with van der Waals surface area (Å²) < 4.78 is 38.4. The van der Waals surface area contributed by atoms with Gasteiger partial charge >= 0.3 is 0 Å². The van der Waals surface area contributed by atoms with Gasteiger partial charge in [-0.2, -0.15) is 0 Å². The average molecular weight is 445 g/mol. The van der Waals surface area contributed by atoms with Gasteiger partial charge in [-0.05, 0) is 49.2 Å². The third-order valence-electron chi connectivity index (χ3n) is 4.13. The molecule has 0 aliphatic carbocycles. The normalized spacial score (nSPS) is 16.6. The van der Waals surface area contributed by atoms with E-state index in [2.05, 4.69) is 10.0 Å². The first-order valence-corrected chi connectivity index (χ1v) is 10.6. The first kappa shape index (κ1) is 20.7. The molecule has 2 aromatic rings. The van der Waals surface area contributed by atoms with Crippen LogP contribution in [0.1, 0.15) is 12.8 Å². The second kappa shape index (κ2) is 8.57. The van der Waals surface area contributed by atoms with Crippen LogP contribution in [0.4, 0.5) is 11.4 Å². The third-order valence-corrected chi connectivity index (χ3v) is 6.24. The molecule has 0 radical (unpaired) electrons. The minimum absolute atomic E-state index is 0.0576. The van der Waals surface area contributed by atoms with Crippen molar-refractivity contribution >= 4 is 50.5 Å². The topological polar surface area (TPSA) is 93.7 Å². The quantitative estimate of drug-likeness (QED) is 0.703. The first-order valence-electron chi connectivity index (χ1n) is 8.38. The van der Waals surface area contributed by atoms with Crippen molar-refractivity contribution in [2.75, 3.05) is 23.8 Å². The first-order chi connectivity index (χ1) is 13.3. The average Bonchev–Trinajstić information content (AvgIpc) is 3.19. The predicted octanol–water partition coefficient (Wildman–Crippen LogP) is 3.92. The molecular formula is C18H18Cl2N2O5S. The Bertz CT molecular complexity index is 991. The van der Waals surface area contributed by atoms with Crippen LogP contribution in [0.5, 0.6) is 5.75 Å². The number of amides is 1. The zero-order chi connectivity index (χ0) is 20.3. The maximum Gasteiger partial charge on any atom is 0.262 e. The van der Waals surface area contributed by atoms with Gasteiger partial charge < -0.3 is 14.8 Å². The number of hydrogen-bond donors (Lipinski definition) is 2. The lowest BCUT2D eigenvalue weighted by Gasteiger charge is -2.15. The van der Waals surface area contributed by atoms with Gasteiger partial charge in [0.2, 0.25) is 0 Å². The molecule has 3 rings (SSSR count). The number of halogens is 2. The number of benzene rings is 2. The number of nitrogens with one attached hydrogen (secondary N) is 2. The maximum atomic E-state index is 12.7. The molecule has 2 aromatic carbocycles. The van der Waals surface area contributed by atoms with Crippen LogP contribution in [-0.4, -0.2) is 34.1 Å². The molecule has 0 unspecified atom stereocenters. The van der Waals surface area contributed by atoms with E-state index in [9.17, 15) is 13.2 Å². The molecule has 1 heterocycles. The molecule has 1 fully saturated rings. The number of sulfonamides is 1. The van der Waals surface area contributed by atoms with Gasteiger partial charge in [-0.1, -0.05) is 23.2 Å². The molecule has 0 spiro atoms. The van der Waals surface area contributed by atoms with Crippen LogP contribution in [0.3, 0.4) is 0 Å². The van der Waals surface area contributed by atoms with E-state index in [1.165, 1.54) is 31.4 Å². The fraction of sp³-hybridized carbons (Fsp3) is 0.278. The molecule has 1 aliphatic rings. The lowest BCUT2D eigenvalue weighted by Crippen LogP contribution is -2.26. The Kier molecular flexibility index (Phi) is 6.34. The summed E-state index contributed by atoms with van der Waals surface area (Å²) in [6, 6.07) is 8.63. The summed E-state index contributed by atoms with van der Waals surface area (Å²) in [5.74, 6) is 0.0136. The lowest BCUT2D eigenvalue weighted by atomic mass is 10.2. The molecule has 2 N–H and O–H groups in total. The molecule has 1 atom stereocenters. The second-order valence-corrected chi connectivity index (χ2v) is 8.58. The zero-order valence-corrected chi connectivity index (χ0v) is 17.2. The lowest BCUT2D eigenvalue weighted by molar-refractivity contribution is -0.124. The van der Waals surface area contributed by atoms with Crippen molar-refractivity contribution < 1.29 is 22.7 Å². The van der Waals surface area contributed by atoms with E-state index >= 15 is 0 Å². The molecule has 1 aliphatic heterocycles. The van der Waals surface area contributed by atoms with Crippen LogP contribution in [0.2, 0.25) is 10.0 Å². The predicted molar refractivity (Wildman–Crippen MR) is 108 cm³/mol. The number of carbonyl (C=O) groups is 1. The molecule has 28 heavy (non-hydrogen) atoms. The fourth-order valence-electron chi connectivity index (χ4n) is 2.72. The van der Waals surface area contributed by atoms with E-state index < -0.39 is 16.1 Å². The Morgan fingerprint density at radius 3 is 2.61 bits per heavy atom. The molecule has 150 valence electrons. The minimum Gasteiger partial charge on any atom is -0.495 e. The van der Waals surface area contributed by atoms with Crippen LogP contribution < -0.4 is 14.8 Å². The van der Waals surface area contributed by atoms with E-state index in [0.717, 1.165) is 6.42 Å². The van der Waals surface area contributed by atoms with E-state index in [0.29, 0.717) is 24.5 Å². The summed E-state index contributed by atoms with van der Waals surface area (Å²) in [6.07, 6.45) is 0.979. The van der Waals surface area contributed by atoms with Gasteiger partial charge in [-0.25, -0.2) is 8.42 Å². The Labute approximate surface area is 173 Å². The van der Waals surface area contributed by atoms with Crippen LogP contribution in [-0.2, 0) is 19.6 Å². The number of methoxy groups -OCH3 is 1. The van der Waals surface area contributed by atoms with Crippen LogP contribution >= 0.6 is 23.2 Å². The van der Waals surface area contributed by atoms with Crippen molar-refractivity contribution in [3.05, 3.63) is 46.4 Å². The summed E-state index contributed by atoms with van der Waals surface area (Å²) in [4.78, 5) is 12.2. The molecule has 0 aromatic heterocycles. The molecule has 1 saturated heterocycles. The number of rotatable bonds is 6. The molecule has 0 bridgehead atoms. The highest BCUT2D eigenvalue weighted by atomic mass is 35.5. The maximum absolute atomic E-state index is 12.7. The minimum atomic E-state index is -3.96. The molecule has 10 heteroatoms. The third kappa shape index (κ3) is 4.70. The summed E-state index contributed by atoms with van der Waals surface area (Å²) in [5, 5.41) is 3.09. The van der Waals surface area contributed by atoms with Gasteiger partial charge in [0.25, 0.3) is 15.9 Å². The Balaban J connectivity index is 1.85. The van der Waals surface area contributed by atoms with E-state index in [1.54, 1.807) is 12.1 Å². The molecule has 1 amide bonds. The highest BCUT2D eigenvalue weighted by molar-refractivity contribution is 7.92. The summed E-state index contributed by atoms with van der Waals surface area (Å²) >= 11 is 11.8. The Hall–Kier alpha value is -2.00. The van der Waals surface area contributed by atoms with Gasteiger partial charge in [-0.15, -0.1) is 0 Å². The van der Waals surface area contributed by atoms with E-state index in [1.807, 2.05) is 0 Å². The number of ether oxygens (including phenoxy) is 2. The van der Waals surface area contributed by atoms with Gasteiger partial charge in [0.05, 0.1) is 27.7 Å². The van der Waals surface area contributed by atoms with Crippen LogP contribution in [0.25, 0.3) is 0 Å². The van der Waals surface area contributed by atoms with Crippen molar-refractivity contribution in [3.63, 3.8) is 0 Å². The van der Waals surface area contributed by atoms with Crippen LogP contribution in [0, 0.1) is 0 Å². The van der Waals surface area contributed by atoms with Crippen molar-refractivity contribution in [3.8, 4) is 5.75 Å². The second-order valence-electron chi connectivity index (χ2n) is 6.09. The van der Waals surface area contributed by atoms with Gasteiger partial charge in [-0.3, -0.25) is 9.52 Å². The van der Waals surface area contributed by atoms with Gasteiger partial charge in [0, 0.05) is 12.3 Å². The number of carbonyl (C=O) groups excluding carboxylic acids is 1. The highest BCUT2D eigenvalue weighted by Gasteiger charge is 2.24. The SMILES string of the molecule is COc1ccc(NC(=O)[C@@H]2CCCO2)cc1NS(=O)(=O)c1ccc(Cl)c(Cl)c1. The monoisotopic (exact) mass is 444 g/mol. The molecule has 7 nitrogen and oxygen atoms in total. The summed E-state index contributed by atoms with van der Waals surface area (Å²) in [5.41, 5.74) is 0.576. The Morgan fingerprint density at radius 1 is 1.18 bits per heavy atom. The van der Waals surface area contributed by atoms with Crippen LogP contribution in [0.15, 0.2) is 41.3 Å². The number of hydrogen-bond acceptors (Lipinski definition) is 5. The summed E-state index contributed by atoms with van der Waals surface area (Å²) in [6.45, 7) is 0.551. The van der Waals surface area contributed by atoms with E-state index in [-0.39, 0.29) is 26.5 Å². The number of anilines is 2. The zero-order valence-electron chi connectivity index (χ0n) is 14.9. The van der Waals surface area contributed by atoms with Gasteiger partial charge in [0.15, 0.2) is 0 Å². The standard InChI is InChI=1S/C18H18Cl2N2O5S/c1-26-16-7-4-11(21-18(23)17-3-2-8-27-17)9-15(16)22-28(24,25)12-5-6-13(19)14(20)10-12/h4-7,9-10,17,22H,2-3,8H2,1H3,(H,21,23)/t17-/m0/s1. The molecule has 0 saturated carbocycles. The fourth-order valence-corrected chi connectivity index (χ4v) is 4.17. The smallest absolute Gasteiger partial charge is 0.262 e. The largest absolute Gasteiger partial charge is 0.495 e. The molecular weight excluding hydrogens is 427 g/mol. The van der Waals surface area contributed by atoms with E-state index in [4.69, 9.17) is 32.7 Å². The Morgan fingerprint density at radius 2 is 1.96 bits per heavy atom. The highest BCUT2D eigenvalue weighted by Crippen LogP contribution is 2.32. The summed E-state index contributed by atoms with van der Waals surface area (Å²) in [7, 11) is -2.54. The van der Waals surface area contributed by atoms with Crippen molar-refractivity contribution in [1.82, 2.24) is 0 Å². The van der Waals surface area contributed by atoms with Gasteiger partial charge in [0.1, 0.15) is 11.9 Å².